The van der Waals surface area contributed by atoms with Gasteiger partial charge in [-0.1, -0.05) is 29.4 Å². The first-order valence-corrected chi connectivity index (χ1v) is 6.08. The van der Waals surface area contributed by atoms with Crippen LogP contribution in [0.3, 0.4) is 0 Å². The highest BCUT2D eigenvalue weighted by Gasteiger charge is 2.27. The SMILES string of the molecule is CN1CC(c2ccccc2-c2noc(CN)n2)C1. The van der Waals surface area contributed by atoms with E-state index >= 15 is 0 Å². The fraction of sp³-hybridized carbons (Fsp3) is 0.385. The molecule has 5 heteroatoms. The molecule has 0 bridgehead atoms. The summed E-state index contributed by atoms with van der Waals surface area (Å²) in [6.45, 7) is 2.44. The van der Waals surface area contributed by atoms with Gasteiger partial charge in [-0.25, -0.2) is 0 Å². The van der Waals surface area contributed by atoms with Crippen molar-refractivity contribution in [2.45, 2.75) is 12.5 Å². The first-order valence-electron chi connectivity index (χ1n) is 6.08. The molecule has 0 saturated carbocycles. The van der Waals surface area contributed by atoms with E-state index < -0.39 is 0 Å². The second kappa shape index (κ2) is 4.51. The summed E-state index contributed by atoms with van der Waals surface area (Å²) in [4.78, 5) is 6.60. The van der Waals surface area contributed by atoms with E-state index in [0.717, 1.165) is 18.7 Å². The first kappa shape index (κ1) is 11.4. The zero-order valence-electron chi connectivity index (χ0n) is 10.3. The maximum Gasteiger partial charge on any atom is 0.240 e. The molecule has 1 saturated heterocycles. The summed E-state index contributed by atoms with van der Waals surface area (Å²) in [6, 6.07) is 8.24. The maximum atomic E-state index is 5.49. The second-order valence-corrected chi connectivity index (χ2v) is 4.72. The van der Waals surface area contributed by atoms with Crippen LogP contribution in [0.5, 0.6) is 0 Å². The number of aromatic nitrogens is 2. The van der Waals surface area contributed by atoms with Crippen LogP contribution in [0.1, 0.15) is 17.4 Å². The average molecular weight is 244 g/mol. The van der Waals surface area contributed by atoms with E-state index in [-0.39, 0.29) is 6.54 Å². The van der Waals surface area contributed by atoms with Crippen LogP contribution in [0.15, 0.2) is 28.8 Å². The van der Waals surface area contributed by atoms with Gasteiger partial charge in [-0.2, -0.15) is 4.98 Å². The van der Waals surface area contributed by atoms with Crippen molar-refractivity contribution in [3.05, 3.63) is 35.7 Å². The van der Waals surface area contributed by atoms with Crippen molar-refractivity contribution in [3.8, 4) is 11.4 Å². The van der Waals surface area contributed by atoms with E-state index in [4.69, 9.17) is 10.3 Å². The molecule has 5 nitrogen and oxygen atoms in total. The largest absolute Gasteiger partial charge is 0.338 e. The van der Waals surface area contributed by atoms with Gasteiger partial charge in [-0.15, -0.1) is 0 Å². The first-order chi connectivity index (χ1) is 8.78. The third-order valence-corrected chi connectivity index (χ3v) is 3.35. The lowest BCUT2D eigenvalue weighted by molar-refractivity contribution is 0.190. The lowest BCUT2D eigenvalue weighted by Gasteiger charge is -2.37. The molecule has 2 N–H and O–H groups in total. The van der Waals surface area contributed by atoms with E-state index in [1.807, 2.05) is 12.1 Å². The van der Waals surface area contributed by atoms with Crippen LogP contribution in [0.2, 0.25) is 0 Å². The monoisotopic (exact) mass is 244 g/mol. The zero-order chi connectivity index (χ0) is 12.5. The number of likely N-dealkylation sites (tertiary alicyclic amines) is 1. The van der Waals surface area contributed by atoms with Gasteiger partial charge >= 0.3 is 0 Å². The minimum atomic E-state index is 0.279. The average Bonchev–Trinajstić information content (AvgIpc) is 2.84. The molecule has 1 aliphatic heterocycles. The van der Waals surface area contributed by atoms with Crippen molar-refractivity contribution in [3.63, 3.8) is 0 Å². The van der Waals surface area contributed by atoms with Crippen molar-refractivity contribution in [1.82, 2.24) is 15.0 Å². The van der Waals surface area contributed by atoms with Crippen molar-refractivity contribution in [2.24, 2.45) is 5.73 Å². The molecule has 0 atom stereocenters. The predicted octanol–water partition coefficient (Wildman–Crippen LogP) is 1.22. The van der Waals surface area contributed by atoms with E-state index in [1.165, 1.54) is 5.56 Å². The summed E-state index contributed by atoms with van der Waals surface area (Å²) in [5.74, 6) is 1.68. The molecule has 0 unspecified atom stereocenters. The molecule has 1 fully saturated rings. The van der Waals surface area contributed by atoms with Gasteiger partial charge in [0.2, 0.25) is 11.7 Å². The summed E-state index contributed by atoms with van der Waals surface area (Å²) < 4.78 is 5.08. The zero-order valence-corrected chi connectivity index (χ0v) is 10.3. The van der Waals surface area contributed by atoms with Gasteiger partial charge in [0.05, 0.1) is 6.54 Å². The maximum absolute atomic E-state index is 5.49. The van der Waals surface area contributed by atoms with Crippen LogP contribution in [-0.4, -0.2) is 35.2 Å². The summed E-state index contributed by atoms with van der Waals surface area (Å²) >= 11 is 0. The van der Waals surface area contributed by atoms with E-state index in [9.17, 15) is 0 Å². The molecular weight excluding hydrogens is 228 g/mol. The number of likely N-dealkylation sites (N-methyl/N-ethyl adjacent to an activating group) is 1. The van der Waals surface area contributed by atoms with Gasteiger partial charge in [0.15, 0.2) is 0 Å². The van der Waals surface area contributed by atoms with Crippen molar-refractivity contribution in [1.29, 1.82) is 0 Å². The molecule has 1 aliphatic rings. The molecule has 0 amide bonds. The summed E-state index contributed by atoms with van der Waals surface area (Å²) in [7, 11) is 2.12. The topological polar surface area (TPSA) is 68.2 Å². The van der Waals surface area contributed by atoms with Gasteiger partial charge in [0, 0.05) is 24.6 Å². The van der Waals surface area contributed by atoms with Crippen molar-refractivity contribution < 1.29 is 4.52 Å². The van der Waals surface area contributed by atoms with Crippen LogP contribution in [-0.2, 0) is 6.54 Å². The minimum absolute atomic E-state index is 0.279. The number of nitrogens with two attached hydrogens (primary N) is 1. The van der Waals surface area contributed by atoms with E-state index in [1.54, 1.807) is 0 Å². The minimum Gasteiger partial charge on any atom is -0.338 e. The van der Waals surface area contributed by atoms with Crippen LogP contribution in [0, 0.1) is 0 Å². The Bertz CT molecular complexity index is 545. The lowest BCUT2D eigenvalue weighted by atomic mass is 9.88. The molecule has 94 valence electrons. The summed E-state index contributed by atoms with van der Waals surface area (Å²) in [5, 5.41) is 4.00. The Morgan fingerprint density at radius 2 is 2.17 bits per heavy atom. The van der Waals surface area contributed by atoms with Crippen LogP contribution in [0.25, 0.3) is 11.4 Å². The Morgan fingerprint density at radius 3 is 2.83 bits per heavy atom. The molecule has 2 heterocycles. The third kappa shape index (κ3) is 1.91. The molecular formula is C13H16N4O. The number of benzene rings is 1. The smallest absolute Gasteiger partial charge is 0.240 e. The van der Waals surface area contributed by atoms with Gasteiger partial charge in [0.25, 0.3) is 0 Å². The third-order valence-electron chi connectivity index (χ3n) is 3.35. The fourth-order valence-electron chi connectivity index (χ4n) is 2.40. The van der Waals surface area contributed by atoms with Crippen LogP contribution >= 0.6 is 0 Å². The van der Waals surface area contributed by atoms with E-state index in [0.29, 0.717) is 17.6 Å². The standard InChI is InChI=1S/C13H16N4O/c1-17-7-9(8-17)10-4-2-3-5-11(10)13-15-12(6-14)18-16-13/h2-5,9H,6-8,14H2,1H3. The number of hydrogen-bond acceptors (Lipinski definition) is 5. The summed E-state index contributed by atoms with van der Waals surface area (Å²) in [5.41, 5.74) is 7.84. The highest BCUT2D eigenvalue weighted by Crippen LogP contribution is 2.32. The molecule has 2 aromatic rings. The molecule has 1 aromatic heterocycles. The molecule has 0 radical (unpaired) electrons. The normalized spacial score (nSPS) is 16.8. The summed E-state index contributed by atoms with van der Waals surface area (Å²) in [6.07, 6.45) is 0. The fourth-order valence-corrected chi connectivity index (χ4v) is 2.40. The van der Waals surface area contributed by atoms with Gasteiger partial charge in [-0.05, 0) is 12.6 Å². The molecule has 3 rings (SSSR count). The highest BCUT2D eigenvalue weighted by atomic mass is 16.5. The Morgan fingerprint density at radius 1 is 1.39 bits per heavy atom. The molecule has 0 spiro atoms. The Balaban J connectivity index is 1.96. The quantitative estimate of drug-likeness (QED) is 0.879. The molecule has 0 aliphatic carbocycles. The van der Waals surface area contributed by atoms with Gasteiger partial charge < -0.3 is 15.2 Å². The lowest BCUT2D eigenvalue weighted by Crippen LogP contribution is -2.41. The Labute approximate surface area is 106 Å². The molecule has 1 aromatic carbocycles. The van der Waals surface area contributed by atoms with Crippen LogP contribution < -0.4 is 5.73 Å². The number of hydrogen-bond donors (Lipinski definition) is 1. The second-order valence-electron chi connectivity index (χ2n) is 4.72. The van der Waals surface area contributed by atoms with Gasteiger partial charge in [-0.3, -0.25) is 0 Å². The van der Waals surface area contributed by atoms with Gasteiger partial charge in [0.1, 0.15) is 0 Å². The van der Waals surface area contributed by atoms with Crippen molar-refractivity contribution >= 4 is 0 Å². The predicted molar refractivity (Wildman–Crippen MR) is 67.9 cm³/mol. The van der Waals surface area contributed by atoms with Crippen molar-refractivity contribution in [2.75, 3.05) is 20.1 Å². The van der Waals surface area contributed by atoms with Crippen LogP contribution in [0.4, 0.5) is 0 Å². The number of nitrogens with zero attached hydrogens (tertiary/aromatic N) is 3. The molecule has 18 heavy (non-hydrogen) atoms. The highest BCUT2D eigenvalue weighted by molar-refractivity contribution is 5.61. The number of rotatable bonds is 3. The van der Waals surface area contributed by atoms with E-state index in [2.05, 4.69) is 34.2 Å². The Kier molecular flexibility index (Phi) is 2.85. The Hall–Kier alpha value is -1.72.